The maximum absolute atomic E-state index is 16.1. The minimum Gasteiger partial charge on any atom is -0.338 e. The van der Waals surface area contributed by atoms with Gasteiger partial charge in [-0.05, 0) is 30.7 Å². The number of nitrogens with zero attached hydrogens (tertiary/aromatic N) is 4. The Labute approximate surface area is 195 Å². The van der Waals surface area contributed by atoms with Crippen molar-refractivity contribution in [2.45, 2.75) is 13.5 Å². The van der Waals surface area contributed by atoms with Gasteiger partial charge in [-0.1, -0.05) is 35.9 Å². The predicted octanol–water partition coefficient (Wildman–Crippen LogP) is 5.06. The van der Waals surface area contributed by atoms with Gasteiger partial charge in [0, 0.05) is 60.1 Å². The SMILES string of the molecule is Cc1cccc(-c2cnc3c(c2F)C(c2nc4c(-c5ccncc5)nccc4[nH]2)=CCNC3)c1. The Balaban J connectivity index is 1.53. The topological polar surface area (TPSA) is 79.4 Å². The van der Waals surface area contributed by atoms with Gasteiger partial charge in [0.05, 0.1) is 16.9 Å². The second kappa shape index (κ2) is 8.28. The number of pyridine rings is 3. The number of aromatic amines is 1. The van der Waals surface area contributed by atoms with Gasteiger partial charge in [0.1, 0.15) is 17.2 Å². The summed E-state index contributed by atoms with van der Waals surface area (Å²) >= 11 is 0. The van der Waals surface area contributed by atoms with Gasteiger partial charge >= 0.3 is 0 Å². The Bertz CT molecular complexity index is 1550. The van der Waals surface area contributed by atoms with Gasteiger partial charge in [0.25, 0.3) is 0 Å². The first-order valence-corrected chi connectivity index (χ1v) is 11.1. The summed E-state index contributed by atoms with van der Waals surface area (Å²) in [7, 11) is 0. The molecule has 1 aliphatic rings. The molecule has 1 aliphatic heterocycles. The lowest BCUT2D eigenvalue weighted by atomic mass is 9.97. The molecule has 0 atom stereocenters. The first kappa shape index (κ1) is 20.4. The molecule has 0 fully saturated rings. The second-order valence-corrected chi connectivity index (χ2v) is 8.30. The number of aryl methyl sites for hydroxylation is 1. The average Bonchev–Trinajstić information content (AvgIpc) is 3.17. The molecule has 1 aromatic carbocycles. The molecule has 6 rings (SSSR count). The van der Waals surface area contributed by atoms with E-state index < -0.39 is 0 Å². The molecule has 6 nitrogen and oxygen atoms in total. The van der Waals surface area contributed by atoms with E-state index in [0.29, 0.717) is 41.3 Å². The second-order valence-electron chi connectivity index (χ2n) is 8.30. The Kier molecular flexibility index (Phi) is 4.96. The summed E-state index contributed by atoms with van der Waals surface area (Å²) in [4.78, 5) is 21.5. The summed E-state index contributed by atoms with van der Waals surface area (Å²) in [6, 6.07) is 13.5. The molecule has 0 amide bonds. The molecular weight excluding hydrogens is 427 g/mol. The fraction of sp³-hybridized carbons (Fsp3) is 0.111. The zero-order valence-electron chi connectivity index (χ0n) is 18.5. The van der Waals surface area contributed by atoms with Crippen molar-refractivity contribution in [3.8, 4) is 22.4 Å². The van der Waals surface area contributed by atoms with Crippen LogP contribution in [0, 0.1) is 12.7 Å². The van der Waals surface area contributed by atoms with E-state index in [-0.39, 0.29) is 5.82 Å². The normalized spacial score (nSPS) is 13.4. The van der Waals surface area contributed by atoms with Gasteiger partial charge in [0.2, 0.25) is 0 Å². The summed E-state index contributed by atoms with van der Waals surface area (Å²) in [5.74, 6) is 0.295. The minimum absolute atomic E-state index is 0.293. The number of nitrogens with one attached hydrogen (secondary N) is 2. The van der Waals surface area contributed by atoms with Crippen molar-refractivity contribution in [1.29, 1.82) is 0 Å². The van der Waals surface area contributed by atoms with E-state index in [1.54, 1.807) is 24.8 Å². The number of hydrogen-bond donors (Lipinski definition) is 2. The Hall–Kier alpha value is -4.23. The number of rotatable bonds is 3. The number of imidazole rings is 1. The van der Waals surface area contributed by atoms with Gasteiger partial charge in [-0.25, -0.2) is 9.37 Å². The van der Waals surface area contributed by atoms with Crippen LogP contribution in [0.1, 0.15) is 22.6 Å². The molecule has 166 valence electrons. The van der Waals surface area contributed by atoms with E-state index in [1.807, 2.05) is 55.5 Å². The number of benzene rings is 1. The molecule has 0 unspecified atom stereocenters. The van der Waals surface area contributed by atoms with Crippen molar-refractivity contribution >= 4 is 16.6 Å². The highest BCUT2D eigenvalue weighted by Gasteiger charge is 2.24. The standard InChI is InChI=1S/C27H21FN6/c1-16-3-2-4-18(13-16)20-14-32-22-15-30-11-7-19(23(22)24(20)28)27-33-21-8-12-31-25(26(21)34-27)17-5-9-29-10-6-17/h2-10,12-14,30H,11,15H2,1H3,(H,33,34). The van der Waals surface area contributed by atoms with Crippen molar-refractivity contribution in [3.05, 3.63) is 102 Å². The van der Waals surface area contributed by atoms with Crippen molar-refractivity contribution in [2.24, 2.45) is 0 Å². The van der Waals surface area contributed by atoms with Crippen LogP contribution in [0.4, 0.5) is 4.39 Å². The smallest absolute Gasteiger partial charge is 0.142 e. The number of hydrogen-bond acceptors (Lipinski definition) is 5. The number of aromatic nitrogens is 5. The molecule has 5 heterocycles. The van der Waals surface area contributed by atoms with E-state index in [9.17, 15) is 0 Å². The van der Waals surface area contributed by atoms with Crippen molar-refractivity contribution in [3.63, 3.8) is 0 Å². The molecular formula is C27H21FN6. The molecule has 5 aromatic rings. The average molecular weight is 449 g/mol. The highest BCUT2D eigenvalue weighted by atomic mass is 19.1. The predicted molar refractivity (Wildman–Crippen MR) is 130 cm³/mol. The van der Waals surface area contributed by atoms with Gasteiger partial charge in [-0.3, -0.25) is 15.0 Å². The first-order valence-electron chi connectivity index (χ1n) is 11.1. The minimum atomic E-state index is -0.293. The maximum Gasteiger partial charge on any atom is 0.142 e. The van der Waals surface area contributed by atoms with Gasteiger partial charge in [-0.2, -0.15) is 0 Å². The quantitative estimate of drug-likeness (QED) is 0.403. The lowest BCUT2D eigenvalue weighted by Gasteiger charge is -2.13. The molecule has 7 heteroatoms. The van der Waals surface area contributed by atoms with Gasteiger partial charge in [-0.15, -0.1) is 0 Å². The first-order chi connectivity index (χ1) is 16.7. The Morgan fingerprint density at radius 1 is 0.971 bits per heavy atom. The van der Waals surface area contributed by atoms with E-state index in [2.05, 4.69) is 25.3 Å². The third-order valence-electron chi connectivity index (χ3n) is 6.05. The lowest BCUT2D eigenvalue weighted by molar-refractivity contribution is 0.618. The molecule has 2 N–H and O–H groups in total. The molecule has 4 aromatic heterocycles. The van der Waals surface area contributed by atoms with Gasteiger partial charge < -0.3 is 10.3 Å². The van der Waals surface area contributed by atoms with Crippen molar-refractivity contribution in [1.82, 2.24) is 30.2 Å². The number of halogens is 1. The van der Waals surface area contributed by atoms with Crippen LogP contribution < -0.4 is 5.32 Å². The third-order valence-corrected chi connectivity index (χ3v) is 6.05. The summed E-state index contributed by atoms with van der Waals surface area (Å²) in [6.07, 6.45) is 8.79. The third kappa shape index (κ3) is 3.47. The van der Waals surface area contributed by atoms with E-state index in [4.69, 9.17) is 4.98 Å². The fourth-order valence-corrected chi connectivity index (χ4v) is 4.41. The zero-order chi connectivity index (χ0) is 23.1. The van der Waals surface area contributed by atoms with Crippen LogP contribution in [-0.2, 0) is 6.54 Å². The number of fused-ring (bicyclic) bond motifs is 2. The van der Waals surface area contributed by atoms with E-state index >= 15 is 4.39 Å². The van der Waals surface area contributed by atoms with E-state index in [0.717, 1.165) is 33.4 Å². The summed E-state index contributed by atoms with van der Waals surface area (Å²) in [6.45, 7) is 3.05. The molecule has 0 radical (unpaired) electrons. The Morgan fingerprint density at radius 3 is 2.71 bits per heavy atom. The molecule has 0 spiro atoms. The van der Waals surface area contributed by atoms with Crippen LogP contribution >= 0.6 is 0 Å². The summed E-state index contributed by atoms with van der Waals surface area (Å²) in [5.41, 5.74) is 7.41. The molecule has 0 saturated carbocycles. The monoisotopic (exact) mass is 448 g/mol. The van der Waals surface area contributed by atoms with Crippen LogP contribution in [0.5, 0.6) is 0 Å². The molecule has 34 heavy (non-hydrogen) atoms. The van der Waals surface area contributed by atoms with Crippen LogP contribution in [0.15, 0.2) is 73.3 Å². The lowest BCUT2D eigenvalue weighted by Crippen LogP contribution is -2.13. The number of H-pyrrole nitrogens is 1. The highest BCUT2D eigenvalue weighted by Crippen LogP contribution is 2.35. The zero-order valence-corrected chi connectivity index (χ0v) is 18.5. The molecule has 0 bridgehead atoms. The van der Waals surface area contributed by atoms with E-state index in [1.165, 1.54) is 0 Å². The molecule has 0 saturated heterocycles. The maximum atomic E-state index is 16.1. The van der Waals surface area contributed by atoms with Gasteiger partial charge in [0.15, 0.2) is 0 Å². The highest BCUT2D eigenvalue weighted by molar-refractivity contribution is 5.92. The summed E-state index contributed by atoms with van der Waals surface area (Å²) < 4.78 is 16.1. The van der Waals surface area contributed by atoms with Crippen LogP contribution in [0.3, 0.4) is 0 Å². The molecule has 0 aliphatic carbocycles. The fourth-order valence-electron chi connectivity index (χ4n) is 4.41. The van der Waals surface area contributed by atoms with Crippen molar-refractivity contribution in [2.75, 3.05) is 6.54 Å². The van der Waals surface area contributed by atoms with Crippen molar-refractivity contribution < 1.29 is 4.39 Å². The van der Waals surface area contributed by atoms with Crippen LogP contribution in [0.25, 0.3) is 39.0 Å². The largest absolute Gasteiger partial charge is 0.338 e. The Morgan fingerprint density at radius 2 is 1.85 bits per heavy atom. The van der Waals surface area contributed by atoms with Crippen LogP contribution in [-0.4, -0.2) is 31.5 Å². The van der Waals surface area contributed by atoms with Crippen LogP contribution in [0.2, 0.25) is 0 Å². The summed E-state index contributed by atoms with van der Waals surface area (Å²) in [5, 5.41) is 3.30.